The average Bonchev–Trinajstić information content (AvgIpc) is 3.03. The van der Waals surface area contributed by atoms with E-state index >= 15 is 0 Å². The lowest BCUT2D eigenvalue weighted by Crippen LogP contribution is -2.40. The summed E-state index contributed by atoms with van der Waals surface area (Å²) in [6.45, 7) is 3.00. The fraction of sp³-hybridized carbons (Fsp3) is 0.455. The van der Waals surface area contributed by atoms with Crippen molar-refractivity contribution in [2.75, 3.05) is 13.1 Å². The molecule has 0 N–H and O–H groups in total. The first-order chi connectivity index (χ1) is 13.0. The van der Waals surface area contributed by atoms with Crippen molar-refractivity contribution in [2.45, 2.75) is 45.4 Å². The van der Waals surface area contributed by atoms with Crippen LogP contribution in [0.1, 0.15) is 63.5 Å². The highest BCUT2D eigenvalue weighted by molar-refractivity contribution is 5.99. The molecule has 1 aromatic carbocycles. The van der Waals surface area contributed by atoms with Crippen LogP contribution >= 0.6 is 0 Å². The van der Waals surface area contributed by atoms with E-state index in [1.54, 1.807) is 0 Å². The molecular weight excluding hydrogens is 345 g/mol. The van der Waals surface area contributed by atoms with Gasteiger partial charge in [-0.15, -0.1) is 0 Å². The molecule has 1 aliphatic heterocycles. The van der Waals surface area contributed by atoms with Gasteiger partial charge in [-0.2, -0.15) is 0 Å². The number of aryl methyl sites for hydroxylation is 2. The summed E-state index contributed by atoms with van der Waals surface area (Å²) in [5.41, 5.74) is 2.38. The number of benzene rings is 1. The van der Waals surface area contributed by atoms with Gasteiger partial charge in [-0.3, -0.25) is 9.59 Å². The van der Waals surface area contributed by atoms with Crippen LogP contribution in [0, 0.1) is 18.7 Å². The number of fused-ring (bicyclic) bond motifs is 1. The molecule has 1 saturated heterocycles. The Labute approximate surface area is 158 Å². The van der Waals surface area contributed by atoms with Crippen molar-refractivity contribution < 1.29 is 18.4 Å². The third-order valence-electron chi connectivity index (χ3n) is 5.84. The fourth-order valence-corrected chi connectivity index (χ4v) is 4.34. The second-order valence-electron chi connectivity index (χ2n) is 7.58. The van der Waals surface area contributed by atoms with E-state index < -0.39 is 0 Å². The molecule has 0 radical (unpaired) electrons. The Morgan fingerprint density at radius 1 is 1.07 bits per heavy atom. The molecule has 2 aromatic rings. The van der Waals surface area contributed by atoms with Crippen LogP contribution < -0.4 is 0 Å². The van der Waals surface area contributed by atoms with E-state index in [2.05, 4.69) is 0 Å². The van der Waals surface area contributed by atoms with E-state index in [0.717, 1.165) is 48.3 Å². The van der Waals surface area contributed by atoms with Crippen LogP contribution in [0.3, 0.4) is 0 Å². The molecule has 5 heteroatoms. The Kier molecular flexibility index (Phi) is 4.85. The van der Waals surface area contributed by atoms with Gasteiger partial charge in [-0.25, -0.2) is 4.39 Å². The Hall–Kier alpha value is -2.43. The van der Waals surface area contributed by atoms with Crippen molar-refractivity contribution in [1.29, 1.82) is 0 Å². The van der Waals surface area contributed by atoms with Crippen molar-refractivity contribution in [1.82, 2.24) is 4.90 Å². The minimum Gasteiger partial charge on any atom is -0.465 e. The predicted molar refractivity (Wildman–Crippen MR) is 99.4 cm³/mol. The molecule has 1 aliphatic carbocycles. The molecule has 0 spiro atoms. The molecule has 0 atom stereocenters. The summed E-state index contributed by atoms with van der Waals surface area (Å²) in [7, 11) is 0. The standard InChI is InChI=1S/C22H24FNO3/c1-14-20(18-4-2-3-5-19(18)27-14)22(26)24-12-10-16(11-13-24)21(25)15-6-8-17(23)9-7-15/h6-9,16H,2-5,10-13H2,1H3. The van der Waals surface area contributed by atoms with Crippen LogP contribution in [0.4, 0.5) is 4.39 Å². The number of amides is 1. The molecule has 142 valence electrons. The number of ketones is 1. The number of furan rings is 1. The van der Waals surface area contributed by atoms with Crippen molar-refractivity contribution in [3.63, 3.8) is 0 Å². The van der Waals surface area contributed by atoms with E-state index in [4.69, 9.17) is 4.42 Å². The largest absolute Gasteiger partial charge is 0.465 e. The van der Waals surface area contributed by atoms with Crippen molar-refractivity contribution >= 4 is 11.7 Å². The Balaban J connectivity index is 1.43. The van der Waals surface area contributed by atoms with Crippen LogP contribution in [0.2, 0.25) is 0 Å². The summed E-state index contributed by atoms with van der Waals surface area (Å²) in [6, 6.07) is 5.71. The lowest BCUT2D eigenvalue weighted by atomic mass is 9.88. The zero-order valence-corrected chi connectivity index (χ0v) is 15.6. The van der Waals surface area contributed by atoms with E-state index in [9.17, 15) is 14.0 Å². The maximum Gasteiger partial charge on any atom is 0.257 e. The van der Waals surface area contributed by atoms with Crippen LogP contribution in [0.15, 0.2) is 28.7 Å². The van der Waals surface area contributed by atoms with Gasteiger partial charge in [0.15, 0.2) is 5.78 Å². The van der Waals surface area contributed by atoms with Crippen LogP contribution in [0.5, 0.6) is 0 Å². The zero-order valence-electron chi connectivity index (χ0n) is 15.6. The first kappa shape index (κ1) is 18.0. The van der Waals surface area contributed by atoms with E-state index in [0.29, 0.717) is 31.5 Å². The van der Waals surface area contributed by atoms with Crippen LogP contribution in [-0.4, -0.2) is 29.7 Å². The predicted octanol–water partition coefficient (Wildman–Crippen LogP) is 4.34. The summed E-state index contributed by atoms with van der Waals surface area (Å²) >= 11 is 0. The van der Waals surface area contributed by atoms with Gasteiger partial charge in [0.1, 0.15) is 17.3 Å². The number of carbonyl (C=O) groups excluding carboxylic acids is 2. The number of piperidine rings is 1. The quantitative estimate of drug-likeness (QED) is 0.756. The molecule has 0 saturated carbocycles. The van der Waals surface area contributed by atoms with Gasteiger partial charge in [-0.1, -0.05) is 0 Å². The number of hydrogen-bond acceptors (Lipinski definition) is 3. The summed E-state index contributed by atoms with van der Waals surface area (Å²) in [4.78, 5) is 27.5. The minimum atomic E-state index is -0.342. The smallest absolute Gasteiger partial charge is 0.257 e. The van der Waals surface area contributed by atoms with Gasteiger partial charge in [0.05, 0.1) is 5.56 Å². The Morgan fingerprint density at radius 3 is 2.44 bits per heavy atom. The maximum atomic E-state index is 13.1. The highest BCUT2D eigenvalue weighted by Gasteiger charge is 2.32. The fourth-order valence-electron chi connectivity index (χ4n) is 4.34. The average molecular weight is 369 g/mol. The number of rotatable bonds is 3. The monoisotopic (exact) mass is 369 g/mol. The first-order valence-corrected chi connectivity index (χ1v) is 9.75. The lowest BCUT2D eigenvalue weighted by molar-refractivity contribution is 0.0648. The van der Waals surface area contributed by atoms with E-state index in [1.807, 2.05) is 11.8 Å². The van der Waals surface area contributed by atoms with E-state index in [-0.39, 0.29) is 23.4 Å². The molecule has 0 unspecified atom stereocenters. The highest BCUT2D eigenvalue weighted by Crippen LogP contribution is 2.31. The summed E-state index contributed by atoms with van der Waals surface area (Å²) in [6.07, 6.45) is 5.32. The number of halogens is 1. The number of carbonyl (C=O) groups is 2. The molecule has 2 heterocycles. The first-order valence-electron chi connectivity index (χ1n) is 9.75. The molecule has 1 aromatic heterocycles. The van der Waals surface area contributed by atoms with Gasteiger partial charge >= 0.3 is 0 Å². The molecule has 2 aliphatic rings. The second kappa shape index (κ2) is 7.29. The maximum absolute atomic E-state index is 13.1. The van der Waals surface area contributed by atoms with Crippen LogP contribution in [-0.2, 0) is 12.8 Å². The molecule has 4 rings (SSSR count). The van der Waals surface area contributed by atoms with Gasteiger partial charge in [0.25, 0.3) is 5.91 Å². The second-order valence-corrected chi connectivity index (χ2v) is 7.58. The molecule has 4 nitrogen and oxygen atoms in total. The lowest BCUT2D eigenvalue weighted by Gasteiger charge is -2.31. The van der Waals surface area contributed by atoms with Crippen LogP contribution in [0.25, 0.3) is 0 Å². The number of hydrogen-bond donors (Lipinski definition) is 0. The molecule has 1 fully saturated rings. The summed E-state index contributed by atoms with van der Waals surface area (Å²) < 4.78 is 18.9. The Morgan fingerprint density at radius 2 is 1.74 bits per heavy atom. The Bertz CT molecular complexity index is 860. The topological polar surface area (TPSA) is 50.5 Å². The van der Waals surface area contributed by atoms with Gasteiger partial charge in [-0.05, 0) is 63.3 Å². The number of likely N-dealkylation sites (tertiary alicyclic amines) is 1. The van der Waals surface area contributed by atoms with E-state index in [1.165, 1.54) is 24.3 Å². The number of nitrogens with zero attached hydrogens (tertiary/aromatic N) is 1. The van der Waals surface area contributed by atoms with Gasteiger partial charge in [0.2, 0.25) is 0 Å². The molecule has 27 heavy (non-hydrogen) atoms. The third-order valence-corrected chi connectivity index (χ3v) is 5.84. The van der Waals surface area contributed by atoms with Crippen molar-refractivity contribution in [3.05, 3.63) is 58.3 Å². The minimum absolute atomic E-state index is 0.0343. The van der Waals surface area contributed by atoms with Crippen molar-refractivity contribution in [2.24, 2.45) is 5.92 Å². The van der Waals surface area contributed by atoms with Crippen molar-refractivity contribution in [3.8, 4) is 0 Å². The zero-order chi connectivity index (χ0) is 19.0. The summed E-state index contributed by atoms with van der Waals surface area (Å²) in [5, 5.41) is 0. The molecular formula is C22H24FNO3. The third kappa shape index (κ3) is 3.43. The molecule has 0 bridgehead atoms. The molecule has 1 amide bonds. The SMILES string of the molecule is Cc1oc2c(c1C(=O)N1CCC(C(=O)c3ccc(F)cc3)CC1)CCCC2. The summed E-state index contributed by atoms with van der Waals surface area (Å²) in [5.74, 6) is 1.32. The van der Waals surface area contributed by atoms with Gasteiger partial charge < -0.3 is 9.32 Å². The normalized spacial score (nSPS) is 17.6. The highest BCUT2D eigenvalue weighted by atomic mass is 19.1. The van der Waals surface area contributed by atoms with Gasteiger partial charge in [0, 0.05) is 36.6 Å². The number of Topliss-reactive ketones (excluding diaryl/α,β-unsaturated/α-hetero) is 1.